The van der Waals surface area contributed by atoms with Gasteiger partial charge in [0, 0.05) is 25.6 Å². The summed E-state index contributed by atoms with van der Waals surface area (Å²) >= 11 is 0. The highest BCUT2D eigenvalue weighted by molar-refractivity contribution is 7.55. The molecule has 0 amide bonds. The molecule has 0 unspecified atom stereocenters. The van der Waals surface area contributed by atoms with Crippen molar-refractivity contribution in [3.05, 3.63) is 29.8 Å². The lowest BCUT2D eigenvalue weighted by atomic mass is 10.3. The largest absolute Gasteiger partial charge is 0.334 e. The maximum Gasteiger partial charge on any atom is 0.204 e. The van der Waals surface area contributed by atoms with Gasteiger partial charge in [0.2, 0.25) is 8.38 Å². The quantitative estimate of drug-likeness (QED) is 0.706. The summed E-state index contributed by atoms with van der Waals surface area (Å²) in [5.41, 5.74) is 0. The zero-order valence-electron chi connectivity index (χ0n) is 7.25. The molecule has 1 aromatic rings. The van der Waals surface area contributed by atoms with Crippen LogP contribution in [0.1, 0.15) is 0 Å². The fraction of sp³-hybridized carbons (Fsp3) is 0.250. The Kier molecular flexibility index (Phi) is 3.72. The van der Waals surface area contributed by atoms with E-state index in [0.29, 0.717) is 5.30 Å². The molecule has 0 bridgehead atoms. The van der Waals surface area contributed by atoms with Crippen LogP contribution in [0.5, 0.6) is 0 Å². The summed E-state index contributed by atoms with van der Waals surface area (Å²) in [5, 5.41) is 0.387. The summed E-state index contributed by atoms with van der Waals surface area (Å²) in [7, 11) is 1.49. The van der Waals surface area contributed by atoms with Crippen LogP contribution in [-0.4, -0.2) is 14.2 Å². The topological polar surface area (TPSA) is 18.5 Å². The average molecular weight is 206 g/mol. The molecule has 0 heterocycles. The van der Waals surface area contributed by atoms with Crippen LogP contribution in [0.2, 0.25) is 0 Å². The SMILES string of the molecule is COP(OC)c1cc(F)cc(F)c1. The Labute approximate surface area is 76.4 Å². The lowest BCUT2D eigenvalue weighted by molar-refractivity contribution is 0.350. The maximum absolute atomic E-state index is 12.7. The van der Waals surface area contributed by atoms with E-state index in [4.69, 9.17) is 9.05 Å². The van der Waals surface area contributed by atoms with Gasteiger partial charge in [-0.2, -0.15) is 0 Å². The van der Waals surface area contributed by atoms with E-state index in [9.17, 15) is 8.78 Å². The van der Waals surface area contributed by atoms with Crippen LogP contribution in [0.15, 0.2) is 18.2 Å². The molecule has 13 heavy (non-hydrogen) atoms. The molecule has 5 heteroatoms. The monoisotopic (exact) mass is 206 g/mol. The number of halogens is 2. The molecule has 0 saturated heterocycles. The number of rotatable bonds is 3. The third-order valence-corrected chi connectivity index (χ3v) is 2.73. The van der Waals surface area contributed by atoms with Gasteiger partial charge >= 0.3 is 0 Å². The predicted octanol–water partition coefficient (Wildman–Crippen LogP) is 2.19. The van der Waals surface area contributed by atoms with E-state index in [0.717, 1.165) is 6.07 Å². The second-order valence-corrected chi connectivity index (χ2v) is 4.01. The van der Waals surface area contributed by atoms with Crippen molar-refractivity contribution in [3.8, 4) is 0 Å². The van der Waals surface area contributed by atoms with Crippen molar-refractivity contribution in [1.82, 2.24) is 0 Å². The van der Waals surface area contributed by atoms with Crippen LogP contribution < -0.4 is 5.30 Å². The van der Waals surface area contributed by atoms with Gasteiger partial charge in [-0.05, 0) is 12.1 Å². The van der Waals surface area contributed by atoms with E-state index in [2.05, 4.69) is 0 Å². The van der Waals surface area contributed by atoms with Crippen molar-refractivity contribution in [3.63, 3.8) is 0 Å². The molecule has 1 rings (SSSR count). The van der Waals surface area contributed by atoms with Gasteiger partial charge in [-0.1, -0.05) is 0 Å². The molecule has 0 atom stereocenters. The Bertz CT molecular complexity index is 269. The van der Waals surface area contributed by atoms with Gasteiger partial charge in [-0.25, -0.2) is 8.78 Å². The molecule has 2 nitrogen and oxygen atoms in total. The van der Waals surface area contributed by atoms with Gasteiger partial charge < -0.3 is 9.05 Å². The minimum absolute atomic E-state index is 0.387. The van der Waals surface area contributed by atoms with Gasteiger partial charge in [0.25, 0.3) is 0 Å². The van der Waals surface area contributed by atoms with Crippen LogP contribution in [0.4, 0.5) is 8.78 Å². The first-order chi connectivity index (χ1) is 6.17. The van der Waals surface area contributed by atoms with E-state index < -0.39 is 20.0 Å². The third kappa shape index (κ3) is 2.69. The minimum atomic E-state index is -1.36. The van der Waals surface area contributed by atoms with Crippen molar-refractivity contribution in [2.24, 2.45) is 0 Å². The summed E-state index contributed by atoms with van der Waals surface area (Å²) in [6, 6.07) is 3.20. The molecule has 1 aromatic carbocycles. The molecule has 0 aromatic heterocycles. The third-order valence-electron chi connectivity index (χ3n) is 1.39. The van der Waals surface area contributed by atoms with Crippen LogP contribution in [0.3, 0.4) is 0 Å². The lowest BCUT2D eigenvalue weighted by Crippen LogP contribution is -2.05. The zero-order chi connectivity index (χ0) is 9.84. The molecule has 0 aliphatic rings. The second-order valence-electron chi connectivity index (χ2n) is 2.25. The normalized spacial score (nSPS) is 10.8. The molecule has 0 spiro atoms. The van der Waals surface area contributed by atoms with Gasteiger partial charge in [0.05, 0.1) is 0 Å². The Morgan fingerprint density at radius 3 is 1.85 bits per heavy atom. The van der Waals surface area contributed by atoms with Crippen molar-refractivity contribution in [2.45, 2.75) is 0 Å². The van der Waals surface area contributed by atoms with Gasteiger partial charge in [-0.3, -0.25) is 0 Å². The minimum Gasteiger partial charge on any atom is -0.334 e. The van der Waals surface area contributed by atoms with Crippen molar-refractivity contribution in [2.75, 3.05) is 14.2 Å². The van der Waals surface area contributed by atoms with E-state index >= 15 is 0 Å². The fourth-order valence-corrected chi connectivity index (χ4v) is 1.96. The van der Waals surface area contributed by atoms with Crippen molar-refractivity contribution >= 4 is 13.7 Å². The molecule has 0 aliphatic heterocycles. The van der Waals surface area contributed by atoms with Crippen LogP contribution in [-0.2, 0) is 9.05 Å². The highest BCUT2D eigenvalue weighted by atomic mass is 31.2. The Morgan fingerprint density at radius 2 is 1.46 bits per heavy atom. The molecule has 0 aliphatic carbocycles. The first-order valence-corrected chi connectivity index (χ1v) is 4.69. The molecule has 72 valence electrons. The number of hydrogen-bond donors (Lipinski definition) is 0. The van der Waals surface area contributed by atoms with Gasteiger partial charge in [0.15, 0.2) is 0 Å². The highest BCUT2D eigenvalue weighted by Gasteiger charge is 2.12. The van der Waals surface area contributed by atoms with E-state index in [1.54, 1.807) is 0 Å². The van der Waals surface area contributed by atoms with Crippen LogP contribution >= 0.6 is 8.38 Å². The summed E-state index contributed by atoms with van der Waals surface area (Å²) in [6.45, 7) is 0. The molecule has 0 saturated carbocycles. The standard InChI is InChI=1S/C8H9F2O2P/c1-11-13(12-2)8-4-6(9)3-7(10)5-8/h3-5H,1-2H3. The average Bonchev–Trinajstić information content (AvgIpc) is 2.04. The van der Waals surface area contributed by atoms with E-state index in [-0.39, 0.29) is 0 Å². The van der Waals surface area contributed by atoms with Crippen LogP contribution in [0, 0.1) is 11.6 Å². The van der Waals surface area contributed by atoms with Gasteiger partial charge in [0.1, 0.15) is 11.6 Å². The summed E-state index contributed by atoms with van der Waals surface area (Å²) in [5.74, 6) is -1.26. The smallest absolute Gasteiger partial charge is 0.204 e. The zero-order valence-corrected chi connectivity index (χ0v) is 8.15. The number of benzene rings is 1. The molecule has 0 fully saturated rings. The lowest BCUT2D eigenvalue weighted by Gasteiger charge is -2.11. The van der Waals surface area contributed by atoms with E-state index in [1.165, 1.54) is 26.4 Å². The van der Waals surface area contributed by atoms with E-state index in [1.807, 2.05) is 0 Å². The first kappa shape index (κ1) is 10.5. The Hall–Kier alpha value is -0.570. The maximum atomic E-state index is 12.7. The van der Waals surface area contributed by atoms with Gasteiger partial charge in [-0.15, -0.1) is 0 Å². The molecular weight excluding hydrogens is 197 g/mol. The Morgan fingerprint density at radius 1 is 1.00 bits per heavy atom. The summed E-state index contributed by atoms with van der Waals surface area (Å²) < 4.78 is 35.3. The molecule has 0 N–H and O–H groups in total. The first-order valence-electron chi connectivity index (χ1n) is 3.52. The fourth-order valence-electron chi connectivity index (χ4n) is 0.930. The molecule has 0 radical (unpaired) electrons. The number of hydrogen-bond acceptors (Lipinski definition) is 2. The summed E-state index contributed by atoms with van der Waals surface area (Å²) in [6.07, 6.45) is 0. The predicted molar refractivity (Wildman–Crippen MR) is 46.9 cm³/mol. The second kappa shape index (κ2) is 4.61. The summed E-state index contributed by atoms with van der Waals surface area (Å²) in [4.78, 5) is 0. The highest BCUT2D eigenvalue weighted by Crippen LogP contribution is 2.34. The van der Waals surface area contributed by atoms with Crippen molar-refractivity contribution < 1.29 is 17.8 Å². The molecular formula is C8H9F2O2P. The van der Waals surface area contributed by atoms with Crippen LogP contribution in [0.25, 0.3) is 0 Å². The van der Waals surface area contributed by atoms with Crippen molar-refractivity contribution in [1.29, 1.82) is 0 Å². The Balaban J connectivity index is 2.99.